The van der Waals surface area contributed by atoms with Crippen LogP contribution >= 0.6 is 0 Å². The Morgan fingerprint density at radius 1 is 1.46 bits per heavy atom. The topological polar surface area (TPSA) is 17.8 Å². The maximum absolute atomic E-state index is 4.41. The van der Waals surface area contributed by atoms with E-state index in [4.69, 9.17) is 0 Å². The number of aromatic nitrogens is 2. The SMILES string of the molecule is CC(C)n1cc2c[c-]ccc2n1.[Y]. The summed E-state index contributed by atoms with van der Waals surface area (Å²) in [4.78, 5) is 0. The maximum atomic E-state index is 4.41. The summed E-state index contributed by atoms with van der Waals surface area (Å²) in [7, 11) is 0. The molecule has 1 radical (unpaired) electrons. The molecule has 2 nitrogen and oxygen atoms in total. The van der Waals surface area contributed by atoms with Gasteiger partial charge >= 0.3 is 0 Å². The van der Waals surface area contributed by atoms with Gasteiger partial charge in [0.25, 0.3) is 0 Å². The van der Waals surface area contributed by atoms with Crippen LogP contribution in [0.2, 0.25) is 0 Å². The van der Waals surface area contributed by atoms with E-state index in [0.717, 1.165) is 10.9 Å². The predicted octanol–water partition coefficient (Wildman–Crippen LogP) is 2.41. The molecule has 0 aliphatic rings. The van der Waals surface area contributed by atoms with E-state index < -0.39 is 0 Å². The molecular formula is C10H11N2Y-. The van der Waals surface area contributed by atoms with E-state index in [1.54, 1.807) is 0 Å². The quantitative estimate of drug-likeness (QED) is 0.708. The van der Waals surface area contributed by atoms with Gasteiger partial charge in [0.2, 0.25) is 0 Å². The van der Waals surface area contributed by atoms with E-state index in [-0.39, 0.29) is 32.7 Å². The monoisotopic (exact) mass is 248 g/mol. The van der Waals surface area contributed by atoms with Gasteiger partial charge in [0.05, 0.1) is 0 Å². The molecule has 0 aliphatic heterocycles. The van der Waals surface area contributed by atoms with Crippen molar-refractivity contribution in [3.8, 4) is 0 Å². The smallest absolute Gasteiger partial charge is 0.0450 e. The Kier molecular flexibility index (Phi) is 3.63. The molecular weight excluding hydrogens is 237 g/mol. The van der Waals surface area contributed by atoms with Crippen molar-refractivity contribution in [2.45, 2.75) is 19.9 Å². The van der Waals surface area contributed by atoms with E-state index in [1.165, 1.54) is 0 Å². The fourth-order valence-corrected chi connectivity index (χ4v) is 1.19. The zero-order chi connectivity index (χ0) is 8.55. The standard InChI is InChI=1S/C10H11N2.Y/c1-8(2)12-7-9-5-3-4-6-10(9)11-12;/h4-8H,1-2H3;/q-1;. The first-order valence-corrected chi connectivity index (χ1v) is 4.12. The molecule has 13 heavy (non-hydrogen) atoms. The summed E-state index contributed by atoms with van der Waals surface area (Å²) in [6, 6.07) is 9.29. The molecule has 0 aliphatic carbocycles. The van der Waals surface area contributed by atoms with Crippen LogP contribution in [0.5, 0.6) is 0 Å². The van der Waals surface area contributed by atoms with E-state index in [1.807, 2.05) is 22.9 Å². The Labute approximate surface area is 103 Å². The second-order valence-corrected chi connectivity index (χ2v) is 3.19. The van der Waals surface area contributed by atoms with Gasteiger partial charge < -0.3 is 0 Å². The molecule has 2 aromatic rings. The molecule has 65 valence electrons. The van der Waals surface area contributed by atoms with Gasteiger partial charge in [-0.1, -0.05) is 5.39 Å². The number of fused-ring (bicyclic) bond motifs is 1. The Morgan fingerprint density at radius 3 is 2.85 bits per heavy atom. The summed E-state index contributed by atoms with van der Waals surface area (Å²) in [5.74, 6) is 0. The van der Waals surface area contributed by atoms with Crippen LogP contribution in [0.25, 0.3) is 10.9 Å². The molecule has 1 aromatic heterocycles. The molecule has 0 N–H and O–H groups in total. The summed E-state index contributed by atoms with van der Waals surface area (Å²) in [5.41, 5.74) is 1.04. The number of benzene rings is 1. The van der Waals surface area contributed by atoms with Crippen LogP contribution in [-0.2, 0) is 32.7 Å². The zero-order valence-electron chi connectivity index (χ0n) is 7.86. The van der Waals surface area contributed by atoms with Gasteiger partial charge in [-0.25, -0.2) is 5.10 Å². The van der Waals surface area contributed by atoms with E-state index in [0.29, 0.717) is 6.04 Å². The molecule has 0 spiro atoms. The molecule has 1 aromatic carbocycles. The number of hydrogen-bond acceptors (Lipinski definition) is 1. The summed E-state index contributed by atoms with van der Waals surface area (Å²) >= 11 is 0. The second kappa shape index (κ2) is 4.34. The van der Waals surface area contributed by atoms with Crippen molar-refractivity contribution in [2.75, 3.05) is 0 Å². The van der Waals surface area contributed by atoms with Crippen LogP contribution in [0.4, 0.5) is 0 Å². The molecule has 0 bridgehead atoms. The van der Waals surface area contributed by atoms with Crippen LogP contribution in [0.3, 0.4) is 0 Å². The fraction of sp³-hybridized carbons (Fsp3) is 0.300. The molecule has 2 rings (SSSR count). The summed E-state index contributed by atoms with van der Waals surface area (Å²) in [6.45, 7) is 4.24. The molecule has 0 saturated heterocycles. The third-order valence-electron chi connectivity index (χ3n) is 1.90. The first-order chi connectivity index (χ1) is 5.77. The molecule has 0 saturated carbocycles. The summed E-state index contributed by atoms with van der Waals surface area (Å²) in [6.07, 6.45) is 2.05. The van der Waals surface area contributed by atoms with Crippen LogP contribution in [-0.4, -0.2) is 9.78 Å². The predicted molar refractivity (Wildman–Crippen MR) is 49.0 cm³/mol. The van der Waals surface area contributed by atoms with Gasteiger partial charge in [-0.05, 0) is 25.6 Å². The number of rotatable bonds is 1. The molecule has 3 heteroatoms. The second-order valence-electron chi connectivity index (χ2n) is 3.19. The van der Waals surface area contributed by atoms with Gasteiger partial charge in [-0.3, -0.25) is 4.68 Å². The van der Waals surface area contributed by atoms with Gasteiger partial charge in [0.1, 0.15) is 0 Å². The van der Waals surface area contributed by atoms with Crippen LogP contribution < -0.4 is 0 Å². The first-order valence-electron chi connectivity index (χ1n) is 4.12. The number of nitrogens with zero attached hydrogens (tertiary/aromatic N) is 2. The third-order valence-corrected chi connectivity index (χ3v) is 1.90. The minimum atomic E-state index is 0. The molecule has 0 atom stereocenters. The summed E-state index contributed by atoms with van der Waals surface area (Å²) < 4.78 is 1.97. The third kappa shape index (κ3) is 2.18. The van der Waals surface area contributed by atoms with Crippen molar-refractivity contribution >= 4 is 10.9 Å². The maximum Gasteiger partial charge on any atom is 0.0450 e. The Morgan fingerprint density at radius 2 is 2.23 bits per heavy atom. The van der Waals surface area contributed by atoms with Gasteiger partial charge in [0, 0.05) is 38.8 Å². The molecule has 0 amide bonds. The number of hydrogen-bond donors (Lipinski definition) is 0. The van der Waals surface area contributed by atoms with Gasteiger partial charge in [0.15, 0.2) is 0 Å². The average Bonchev–Trinajstić information content (AvgIpc) is 2.46. The Hall–Kier alpha value is -0.206. The van der Waals surface area contributed by atoms with Crippen molar-refractivity contribution < 1.29 is 32.7 Å². The van der Waals surface area contributed by atoms with Crippen LogP contribution in [0.1, 0.15) is 19.9 Å². The van der Waals surface area contributed by atoms with Crippen LogP contribution in [0, 0.1) is 6.07 Å². The van der Waals surface area contributed by atoms with E-state index >= 15 is 0 Å². The normalized spacial score (nSPS) is 10.4. The van der Waals surface area contributed by atoms with Crippen LogP contribution in [0.15, 0.2) is 24.4 Å². The minimum Gasteiger partial charge on any atom is -0.283 e. The van der Waals surface area contributed by atoms with Crippen molar-refractivity contribution in [2.24, 2.45) is 0 Å². The Bertz CT molecular complexity index is 359. The first kappa shape index (κ1) is 10.9. The average molecular weight is 248 g/mol. The molecule has 1 heterocycles. The molecule has 0 fully saturated rings. The van der Waals surface area contributed by atoms with Crippen molar-refractivity contribution in [1.29, 1.82) is 0 Å². The van der Waals surface area contributed by atoms with E-state index in [9.17, 15) is 0 Å². The zero-order valence-corrected chi connectivity index (χ0v) is 10.7. The largest absolute Gasteiger partial charge is 0.283 e. The van der Waals surface area contributed by atoms with Crippen molar-refractivity contribution in [3.05, 3.63) is 30.5 Å². The van der Waals surface area contributed by atoms with Gasteiger partial charge in [-0.2, -0.15) is 18.2 Å². The van der Waals surface area contributed by atoms with Crippen molar-refractivity contribution in [3.63, 3.8) is 0 Å². The summed E-state index contributed by atoms with van der Waals surface area (Å²) in [5, 5.41) is 5.57. The molecule has 0 unspecified atom stereocenters. The van der Waals surface area contributed by atoms with Gasteiger partial charge in [-0.15, -0.1) is 6.07 Å². The minimum absolute atomic E-state index is 0. The van der Waals surface area contributed by atoms with Crippen molar-refractivity contribution in [1.82, 2.24) is 9.78 Å². The van der Waals surface area contributed by atoms with E-state index in [2.05, 4.69) is 31.2 Å². The Balaban J connectivity index is 0.000000845. The fourth-order valence-electron chi connectivity index (χ4n) is 1.19.